The summed E-state index contributed by atoms with van der Waals surface area (Å²) in [4.78, 5) is 36.7. The molecule has 220 valence electrons. The molecule has 0 saturated heterocycles. The molecule has 2 aromatic carbocycles. The Labute approximate surface area is 242 Å². The summed E-state index contributed by atoms with van der Waals surface area (Å²) in [5.74, 6) is 0.340. The highest BCUT2D eigenvalue weighted by atomic mass is 28.4. The molecule has 0 aromatic heterocycles. The summed E-state index contributed by atoms with van der Waals surface area (Å²) in [6.07, 6.45) is 3.79. The van der Waals surface area contributed by atoms with E-state index < -0.39 is 26.1 Å². The SMILES string of the molecule is CC(=O)CCCCCC(=O)CC[C@@H](CO[Si](c1ccccc1)(c1ccccc1)C(C)(C)C)NC(=O)OC(C)(C)C. The number of nitrogens with one attached hydrogen (secondary N) is 1. The monoisotopic (exact) mass is 567 g/mol. The van der Waals surface area contributed by atoms with E-state index in [9.17, 15) is 14.4 Å². The second-order valence-corrected chi connectivity index (χ2v) is 17.0. The van der Waals surface area contributed by atoms with Crippen molar-refractivity contribution in [2.45, 2.75) is 110 Å². The van der Waals surface area contributed by atoms with E-state index in [4.69, 9.17) is 9.16 Å². The van der Waals surface area contributed by atoms with Crippen molar-refractivity contribution in [3.63, 3.8) is 0 Å². The van der Waals surface area contributed by atoms with Gasteiger partial charge < -0.3 is 19.3 Å². The first-order valence-electron chi connectivity index (χ1n) is 14.5. The highest BCUT2D eigenvalue weighted by molar-refractivity contribution is 6.99. The molecule has 0 saturated carbocycles. The van der Waals surface area contributed by atoms with E-state index in [0.29, 0.717) is 25.7 Å². The van der Waals surface area contributed by atoms with Crippen molar-refractivity contribution in [1.82, 2.24) is 5.32 Å². The first-order chi connectivity index (χ1) is 18.7. The van der Waals surface area contributed by atoms with Gasteiger partial charge in [-0.15, -0.1) is 0 Å². The van der Waals surface area contributed by atoms with E-state index in [1.165, 1.54) is 0 Å². The Hall–Kier alpha value is -2.77. The molecule has 0 bridgehead atoms. The van der Waals surface area contributed by atoms with Crippen LogP contribution in [0.2, 0.25) is 5.04 Å². The van der Waals surface area contributed by atoms with Gasteiger partial charge in [0.05, 0.1) is 12.6 Å². The van der Waals surface area contributed by atoms with Crippen molar-refractivity contribution in [3.8, 4) is 0 Å². The molecule has 1 amide bonds. The summed E-state index contributed by atoms with van der Waals surface area (Å²) in [5, 5.41) is 5.10. The minimum absolute atomic E-state index is 0.157. The largest absolute Gasteiger partial charge is 0.444 e. The molecule has 40 heavy (non-hydrogen) atoms. The Morgan fingerprint density at radius 2 is 1.30 bits per heavy atom. The Kier molecular flexibility index (Phi) is 12.8. The van der Waals surface area contributed by atoms with Crippen molar-refractivity contribution >= 4 is 36.4 Å². The van der Waals surface area contributed by atoms with Crippen LogP contribution in [0, 0.1) is 0 Å². The molecule has 0 heterocycles. The molecule has 0 aliphatic carbocycles. The first-order valence-corrected chi connectivity index (χ1v) is 16.4. The lowest BCUT2D eigenvalue weighted by atomic mass is 10.0. The number of alkyl carbamates (subject to hydrolysis) is 1. The standard InChI is InChI=1S/C33H49NO5Si/c1-26(35)17-11-8-12-18-28(36)24-23-27(34-31(37)39-32(2,3)4)25-38-40(33(5,6)7,29-19-13-9-14-20-29)30-21-15-10-16-22-30/h9-10,13-16,19-22,27H,8,11-12,17-18,23-25H2,1-7H3,(H,34,37)/t27-/m0/s1. The molecular weight excluding hydrogens is 518 g/mol. The third-order valence-corrected chi connectivity index (χ3v) is 11.9. The van der Waals surface area contributed by atoms with Crippen LogP contribution in [0.25, 0.3) is 0 Å². The predicted molar refractivity (Wildman–Crippen MR) is 165 cm³/mol. The quantitative estimate of drug-likeness (QED) is 0.200. The minimum Gasteiger partial charge on any atom is -0.444 e. The maximum Gasteiger partial charge on any atom is 0.407 e. The minimum atomic E-state index is -2.81. The number of unbranched alkanes of at least 4 members (excludes halogenated alkanes) is 2. The predicted octanol–water partition coefficient (Wildman–Crippen LogP) is 6.35. The maximum atomic E-state index is 12.8. The van der Waals surface area contributed by atoms with E-state index >= 15 is 0 Å². The van der Waals surface area contributed by atoms with E-state index in [1.807, 2.05) is 57.2 Å². The molecular formula is C33H49NO5Si. The molecule has 2 aromatic rings. The number of carbonyl (C=O) groups excluding carboxylic acids is 3. The number of carbonyl (C=O) groups is 3. The van der Waals surface area contributed by atoms with E-state index in [1.54, 1.807) is 6.92 Å². The van der Waals surface area contributed by atoms with Crippen molar-refractivity contribution < 1.29 is 23.5 Å². The fraction of sp³-hybridized carbons (Fsp3) is 0.545. The highest BCUT2D eigenvalue weighted by Crippen LogP contribution is 2.37. The van der Waals surface area contributed by atoms with Gasteiger partial charge >= 0.3 is 6.09 Å². The topological polar surface area (TPSA) is 81.7 Å². The summed E-state index contributed by atoms with van der Waals surface area (Å²) in [7, 11) is -2.81. The van der Waals surface area contributed by atoms with Crippen LogP contribution in [-0.4, -0.2) is 44.2 Å². The second kappa shape index (κ2) is 15.3. The lowest BCUT2D eigenvalue weighted by molar-refractivity contribution is -0.119. The van der Waals surface area contributed by atoms with E-state index in [2.05, 4.69) is 50.4 Å². The van der Waals surface area contributed by atoms with E-state index in [-0.39, 0.29) is 23.2 Å². The van der Waals surface area contributed by atoms with Crippen molar-refractivity contribution in [3.05, 3.63) is 60.7 Å². The van der Waals surface area contributed by atoms with Gasteiger partial charge in [0.25, 0.3) is 8.32 Å². The summed E-state index contributed by atoms with van der Waals surface area (Å²) in [5.41, 5.74) is -0.636. The summed E-state index contributed by atoms with van der Waals surface area (Å²) in [6.45, 7) is 14.0. The van der Waals surface area contributed by atoms with Gasteiger partial charge in [-0.1, -0.05) is 87.9 Å². The number of hydrogen-bond donors (Lipinski definition) is 1. The van der Waals surface area contributed by atoms with Crippen LogP contribution in [-0.2, 0) is 18.8 Å². The van der Waals surface area contributed by atoms with Gasteiger partial charge in [-0.3, -0.25) is 4.79 Å². The molecule has 0 spiro atoms. The zero-order valence-corrected chi connectivity index (χ0v) is 26.5. The molecule has 2 rings (SSSR count). The number of ether oxygens (including phenoxy) is 1. The van der Waals surface area contributed by atoms with Gasteiger partial charge in [-0.05, 0) is 62.4 Å². The molecule has 6 nitrogen and oxygen atoms in total. The van der Waals surface area contributed by atoms with Crippen molar-refractivity contribution in [2.75, 3.05) is 6.61 Å². The number of rotatable bonds is 15. The number of hydrogen-bond acceptors (Lipinski definition) is 5. The van der Waals surface area contributed by atoms with Gasteiger partial charge in [0.2, 0.25) is 0 Å². The molecule has 0 aliphatic heterocycles. The van der Waals surface area contributed by atoms with Crippen LogP contribution in [0.5, 0.6) is 0 Å². The normalized spacial score (nSPS) is 13.0. The van der Waals surface area contributed by atoms with Gasteiger partial charge in [0.15, 0.2) is 0 Å². The third-order valence-electron chi connectivity index (χ3n) is 6.89. The average Bonchev–Trinajstić information content (AvgIpc) is 2.86. The van der Waals surface area contributed by atoms with Crippen molar-refractivity contribution in [1.29, 1.82) is 0 Å². The van der Waals surface area contributed by atoms with Crippen LogP contribution in [0.4, 0.5) is 4.79 Å². The zero-order chi connectivity index (χ0) is 29.8. The maximum absolute atomic E-state index is 12.8. The Morgan fingerprint density at radius 1 is 0.775 bits per heavy atom. The fourth-order valence-electron chi connectivity index (χ4n) is 4.99. The van der Waals surface area contributed by atoms with Crippen LogP contribution in [0.1, 0.15) is 93.4 Å². The summed E-state index contributed by atoms with van der Waals surface area (Å²) >= 11 is 0. The highest BCUT2D eigenvalue weighted by Gasteiger charge is 2.50. The molecule has 1 atom stereocenters. The smallest absolute Gasteiger partial charge is 0.407 e. The molecule has 1 N–H and O–H groups in total. The lowest BCUT2D eigenvalue weighted by Gasteiger charge is -2.43. The molecule has 0 radical (unpaired) electrons. The molecule has 0 aliphatic rings. The fourth-order valence-corrected chi connectivity index (χ4v) is 9.60. The van der Waals surface area contributed by atoms with E-state index in [0.717, 1.165) is 29.6 Å². The number of amides is 1. The first kappa shape index (κ1) is 33.4. The molecule has 0 unspecified atom stereocenters. The van der Waals surface area contributed by atoms with Gasteiger partial charge in [0.1, 0.15) is 17.2 Å². The summed E-state index contributed by atoms with van der Waals surface area (Å²) < 4.78 is 12.6. The summed E-state index contributed by atoms with van der Waals surface area (Å²) in [6, 6.07) is 20.3. The average molecular weight is 568 g/mol. The lowest BCUT2D eigenvalue weighted by Crippen LogP contribution is -2.67. The Morgan fingerprint density at radius 3 is 1.77 bits per heavy atom. The molecule has 0 fully saturated rings. The van der Waals surface area contributed by atoms with Crippen LogP contribution in [0.3, 0.4) is 0 Å². The molecule has 7 heteroatoms. The van der Waals surface area contributed by atoms with Crippen LogP contribution in [0.15, 0.2) is 60.7 Å². The van der Waals surface area contributed by atoms with Gasteiger partial charge in [-0.2, -0.15) is 0 Å². The second-order valence-electron chi connectivity index (χ2n) is 12.7. The van der Waals surface area contributed by atoms with Gasteiger partial charge in [0, 0.05) is 19.3 Å². The number of benzene rings is 2. The number of Topliss-reactive ketones (excluding diaryl/α,β-unsaturated/α-hetero) is 2. The number of ketones is 2. The zero-order valence-electron chi connectivity index (χ0n) is 25.5. The van der Waals surface area contributed by atoms with Gasteiger partial charge in [-0.25, -0.2) is 4.79 Å². The van der Waals surface area contributed by atoms with Crippen LogP contribution >= 0.6 is 0 Å². The Balaban J connectivity index is 2.25. The van der Waals surface area contributed by atoms with Crippen molar-refractivity contribution in [2.24, 2.45) is 0 Å². The van der Waals surface area contributed by atoms with Crippen LogP contribution < -0.4 is 15.7 Å². The third kappa shape index (κ3) is 10.7. The Bertz CT molecular complexity index is 1030.